The van der Waals surface area contributed by atoms with E-state index in [2.05, 4.69) is 21.2 Å². The van der Waals surface area contributed by atoms with E-state index in [1.54, 1.807) is 0 Å². The zero-order chi connectivity index (χ0) is 14.5. The van der Waals surface area contributed by atoms with E-state index in [1.165, 1.54) is 0 Å². The van der Waals surface area contributed by atoms with E-state index in [0.29, 0.717) is 6.42 Å². The van der Waals surface area contributed by atoms with Crippen molar-refractivity contribution in [1.29, 1.82) is 0 Å². The Kier molecular flexibility index (Phi) is 4.93. The zero-order valence-electron chi connectivity index (χ0n) is 11.3. The van der Waals surface area contributed by atoms with Crippen molar-refractivity contribution in [1.82, 2.24) is 0 Å². The van der Waals surface area contributed by atoms with E-state index in [-0.39, 0.29) is 5.91 Å². The van der Waals surface area contributed by atoms with Crippen LogP contribution < -0.4 is 11.1 Å². The van der Waals surface area contributed by atoms with Crippen LogP contribution in [0.3, 0.4) is 0 Å². The number of nitrogens with one attached hydrogen (secondary N) is 1. The summed E-state index contributed by atoms with van der Waals surface area (Å²) in [5.41, 5.74) is 8.81. The molecule has 1 atom stereocenters. The normalized spacial score (nSPS) is 11.9. The Hall–Kier alpha value is -1.65. The van der Waals surface area contributed by atoms with Gasteiger partial charge in [0.15, 0.2) is 0 Å². The first-order valence-electron chi connectivity index (χ1n) is 6.43. The van der Waals surface area contributed by atoms with Crippen molar-refractivity contribution in [2.75, 3.05) is 5.32 Å². The molecule has 0 saturated heterocycles. The van der Waals surface area contributed by atoms with E-state index < -0.39 is 6.04 Å². The minimum Gasteiger partial charge on any atom is -0.324 e. The van der Waals surface area contributed by atoms with Crippen molar-refractivity contribution in [3.8, 4) is 0 Å². The molecule has 0 radical (unpaired) electrons. The van der Waals surface area contributed by atoms with Gasteiger partial charge in [0.1, 0.15) is 0 Å². The molecule has 0 aromatic heterocycles. The van der Waals surface area contributed by atoms with E-state index >= 15 is 0 Å². The van der Waals surface area contributed by atoms with Gasteiger partial charge in [-0.25, -0.2) is 0 Å². The van der Waals surface area contributed by atoms with Crippen molar-refractivity contribution < 1.29 is 4.79 Å². The third kappa shape index (κ3) is 3.92. The number of hydrogen-bond acceptors (Lipinski definition) is 2. The van der Waals surface area contributed by atoms with Crippen molar-refractivity contribution in [3.05, 3.63) is 64.1 Å². The highest BCUT2D eigenvalue weighted by molar-refractivity contribution is 9.10. The van der Waals surface area contributed by atoms with Crippen LogP contribution >= 0.6 is 15.9 Å². The lowest BCUT2D eigenvalue weighted by molar-refractivity contribution is -0.117. The molecule has 0 aliphatic rings. The molecule has 2 rings (SSSR count). The summed E-state index contributed by atoms with van der Waals surface area (Å²) in [5, 5.41) is 2.88. The molecule has 0 bridgehead atoms. The van der Waals surface area contributed by atoms with E-state index in [1.807, 2.05) is 55.5 Å². The van der Waals surface area contributed by atoms with Crippen LogP contribution in [0.1, 0.15) is 11.1 Å². The molecule has 2 aromatic carbocycles. The molecule has 2 aromatic rings. The molecule has 0 heterocycles. The van der Waals surface area contributed by atoms with Crippen LogP contribution in [0.2, 0.25) is 0 Å². The van der Waals surface area contributed by atoms with Crippen LogP contribution in [0, 0.1) is 6.92 Å². The first-order chi connectivity index (χ1) is 9.56. The summed E-state index contributed by atoms with van der Waals surface area (Å²) in [6, 6.07) is 15.0. The van der Waals surface area contributed by atoms with E-state index in [4.69, 9.17) is 5.73 Å². The highest BCUT2D eigenvalue weighted by Crippen LogP contribution is 2.20. The summed E-state index contributed by atoms with van der Waals surface area (Å²) >= 11 is 3.39. The van der Waals surface area contributed by atoms with E-state index in [0.717, 1.165) is 21.3 Å². The predicted molar refractivity (Wildman–Crippen MR) is 85.6 cm³/mol. The van der Waals surface area contributed by atoms with Crippen molar-refractivity contribution in [2.45, 2.75) is 19.4 Å². The van der Waals surface area contributed by atoms with E-state index in [9.17, 15) is 4.79 Å². The van der Waals surface area contributed by atoms with Crippen LogP contribution in [0.4, 0.5) is 5.69 Å². The van der Waals surface area contributed by atoms with Gasteiger partial charge >= 0.3 is 0 Å². The van der Waals surface area contributed by atoms with Crippen molar-refractivity contribution in [3.63, 3.8) is 0 Å². The molecule has 3 N–H and O–H groups in total. The van der Waals surface area contributed by atoms with Gasteiger partial charge in [0.2, 0.25) is 5.91 Å². The molecule has 20 heavy (non-hydrogen) atoms. The van der Waals surface area contributed by atoms with Gasteiger partial charge in [0.25, 0.3) is 0 Å². The minimum atomic E-state index is -0.559. The SMILES string of the molecule is Cc1ccc(Br)cc1NC(=O)[C@H](N)Cc1ccccc1. The molecule has 0 unspecified atom stereocenters. The maximum absolute atomic E-state index is 12.1. The molecule has 0 saturated carbocycles. The number of nitrogens with two attached hydrogens (primary N) is 1. The molecule has 0 fully saturated rings. The first kappa shape index (κ1) is 14.8. The fourth-order valence-electron chi connectivity index (χ4n) is 1.92. The Morgan fingerprint density at radius 1 is 1.25 bits per heavy atom. The largest absolute Gasteiger partial charge is 0.324 e. The quantitative estimate of drug-likeness (QED) is 0.902. The van der Waals surface area contributed by atoms with Crippen LogP contribution in [-0.4, -0.2) is 11.9 Å². The maximum atomic E-state index is 12.1. The van der Waals surface area contributed by atoms with Crippen molar-refractivity contribution in [2.24, 2.45) is 5.73 Å². The second-order valence-corrected chi connectivity index (χ2v) is 5.66. The number of anilines is 1. The maximum Gasteiger partial charge on any atom is 0.241 e. The monoisotopic (exact) mass is 332 g/mol. The number of benzene rings is 2. The van der Waals surface area contributed by atoms with Gasteiger partial charge in [-0.15, -0.1) is 0 Å². The van der Waals surface area contributed by atoms with Gasteiger partial charge in [0, 0.05) is 10.2 Å². The molecule has 1 amide bonds. The molecule has 3 nitrogen and oxygen atoms in total. The van der Waals surface area contributed by atoms with Crippen LogP contribution in [0.5, 0.6) is 0 Å². The van der Waals surface area contributed by atoms with Gasteiger partial charge in [0.05, 0.1) is 6.04 Å². The Morgan fingerprint density at radius 2 is 1.95 bits per heavy atom. The molecule has 0 aliphatic heterocycles. The average molecular weight is 333 g/mol. The second-order valence-electron chi connectivity index (χ2n) is 4.74. The van der Waals surface area contributed by atoms with Crippen LogP contribution in [0.25, 0.3) is 0 Å². The summed E-state index contributed by atoms with van der Waals surface area (Å²) < 4.78 is 0.926. The van der Waals surface area contributed by atoms with Gasteiger partial charge in [-0.1, -0.05) is 52.3 Å². The van der Waals surface area contributed by atoms with Gasteiger partial charge in [-0.2, -0.15) is 0 Å². The lowest BCUT2D eigenvalue weighted by Crippen LogP contribution is -2.37. The predicted octanol–water partition coefficient (Wildman–Crippen LogP) is 3.27. The Bertz CT molecular complexity index is 599. The molecular formula is C16H17BrN2O. The number of halogens is 1. The fraction of sp³-hybridized carbons (Fsp3) is 0.188. The Morgan fingerprint density at radius 3 is 2.65 bits per heavy atom. The highest BCUT2D eigenvalue weighted by atomic mass is 79.9. The number of carbonyl (C=O) groups excluding carboxylic acids is 1. The average Bonchev–Trinajstić information content (AvgIpc) is 2.44. The lowest BCUT2D eigenvalue weighted by atomic mass is 10.1. The summed E-state index contributed by atoms with van der Waals surface area (Å²) in [6.07, 6.45) is 0.528. The second kappa shape index (κ2) is 6.68. The smallest absolute Gasteiger partial charge is 0.241 e. The Labute approximate surface area is 127 Å². The summed E-state index contributed by atoms with van der Waals surface area (Å²) in [6.45, 7) is 1.95. The minimum absolute atomic E-state index is 0.171. The number of aryl methyl sites for hydroxylation is 1. The number of rotatable bonds is 4. The fourth-order valence-corrected chi connectivity index (χ4v) is 2.28. The Balaban J connectivity index is 2.02. The summed E-state index contributed by atoms with van der Waals surface area (Å²) in [4.78, 5) is 12.1. The summed E-state index contributed by atoms with van der Waals surface area (Å²) in [7, 11) is 0. The van der Waals surface area contributed by atoms with Crippen LogP contribution in [0.15, 0.2) is 53.0 Å². The first-order valence-corrected chi connectivity index (χ1v) is 7.22. The van der Waals surface area contributed by atoms with Crippen molar-refractivity contribution >= 4 is 27.5 Å². The molecule has 0 spiro atoms. The standard InChI is InChI=1S/C16H17BrN2O/c1-11-7-8-13(17)10-15(11)19-16(20)14(18)9-12-5-3-2-4-6-12/h2-8,10,14H,9,18H2,1H3,(H,19,20)/t14-/m1/s1. The molecule has 0 aliphatic carbocycles. The molecule has 4 heteroatoms. The van der Waals surface area contributed by atoms with Gasteiger partial charge < -0.3 is 11.1 Å². The summed E-state index contributed by atoms with van der Waals surface area (Å²) in [5.74, 6) is -0.171. The molecular weight excluding hydrogens is 316 g/mol. The third-order valence-corrected chi connectivity index (χ3v) is 3.59. The van der Waals surface area contributed by atoms with Crippen LogP contribution in [-0.2, 0) is 11.2 Å². The molecule has 104 valence electrons. The highest BCUT2D eigenvalue weighted by Gasteiger charge is 2.15. The number of amides is 1. The van der Waals surface area contributed by atoms with Gasteiger partial charge in [-0.05, 0) is 36.6 Å². The zero-order valence-corrected chi connectivity index (χ0v) is 12.9. The topological polar surface area (TPSA) is 55.1 Å². The van der Waals surface area contributed by atoms with Gasteiger partial charge in [-0.3, -0.25) is 4.79 Å². The number of hydrogen-bond donors (Lipinski definition) is 2. The number of carbonyl (C=O) groups is 1. The third-order valence-electron chi connectivity index (χ3n) is 3.09. The lowest BCUT2D eigenvalue weighted by Gasteiger charge is -2.14.